The van der Waals surface area contributed by atoms with Crippen molar-refractivity contribution in [2.45, 2.75) is 47.1 Å². The molecule has 1 heterocycles. The van der Waals surface area contributed by atoms with Gasteiger partial charge in [-0.25, -0.2) is 4.79 Å². The standard InChI is InChI=1S/C12H15NO2.C2H6/c1-4-9-5-6-11-10(7-9)13(8(2)3)12(14)15-11;1-2/h5-8H,4H2,1-3H3;1-2H3. The lowest BCUT2D eigenvalue weighted by molar-refractivity contribution is 0.478. The maximum absolute atomic E-state index is 11.6. The lowest BCUT2D eigenvalue weighted by atomic mass is 10.1. The molecule has 0 aliphatic heterocycles. The van der Waals surface area contributed by atoms with Gasteiger partial charge in [-0.05, 0) is 38.0 Å². The van der Waals surface area contributed by atoms with E-state index in [0.29, 0.717) is 5.58 Å². The zero-order valence-electron chi connectivity index (χ0n) is 11.3. The molecule has 0 amide bonds. The summed E-state index contributed by atoms with van der Waals surface area (Å²) in [6.45, 7) is 10.1. The number of fused-ring (bicyclic) bond motifs is 1. The van der Waals surface area contributed by atoms with Gasteiger partial charge < -0.3 is 4.42 Å². The Balaban J connectivity index is 0.000000686. The molecular weight excluding hydrogens is 214 g/mol. The zero-order chi connectivity index (χ0) is 13.0. The number of oxazole rings is 1. The van der Waals surface area contributed by atoms with Gasteiger partial charge in [0.15, 0.2) is 5.58 Å². The van der Waals surface area contributed by atoms with Crippen LogP contribution in [0.1, 0.15) is 46.2 Å². The van der Waals surface area contributed by atoms with Gasteiger partial charge in [0.25, 0.3) is 0 Å². The van der Waals surface area contributed by atoms with Crippen molar-refractivity contribution in [3.05, 3.63) is 34.3 Å². The first-order valence-corrected chi connectivity index (χ1v) is 6.27. The van der Waals surface area contributed by atoms with Crippen LogP contribution >= 0.6 is 0 Å². The summed E-state index contributed by atoms with van der Waals surface area (Å²) in [4.78, 5) is 11.6. The van der Waals surface area contributed by atoms with Crippen molar-refractivity contribution in [1.82, 2.24) is 4.57 Å². The van der Waals surface area contributed by atoms with Gasteiger partial charge in [-0.1, -0.05) is 26.8 Å². The highest BCUT2D eigenvalue weighted by Crippen LogP contribution is 2.18. The van der Waals surface area contributed by atoms with E-state index in [4.69, 9.17) is 4.42 Å². The van der Waals surface area contributed by atoms with Crippen LogP contribution in [-0.4, -0.2) is 4.57 Å². The van der Waals surface area contributed by atoms with Gasteiger partial charge in [-0.3, -0.25) is 4.57 Å². The van der Waals surface area contributed by atoms with Gasteiger partial charge in [-0.2, -0.15) is 0 Å². The fourth-order valence-electron chi connectivity index (χ4n) is 1.79. The minimum Gasteiger partial charge on any atom is -0.408 e. The van der Waals surface area contributed by atoms with Crippen molar-refractivity contribution in [2.75, 3.05) is 0 Å². The minimum absolute atomic E-state index is 0.130. The largest absolute Gasteiger partial charge is 0.420 e. The van der Waals surface area contributed by atoms with Crippen LogP contribution in [0.25, 0.3) is 11.1 Å². The first-order chi connectivity index (χ1) is 8.13. The van der Waals surface area contributed by atoms with Crippen molar-refractivity contribution in [1.29, 1.82) is 0 Å². The fraction of sp³-hybridized carbons (Fsp3) is 0.500. The molecule has 94 valence electrons. The molecule has 3 nitrogen and oxygen atoms in total. The molecule has 17 heavy (non-hydrogen) atoms. The van der Waals surface area contributed by atoms with E-state index in [1.165, 1.54) is 5.56 Å². The Kier molecular flexibility index (Phi) is 4.55. The molecule has 0 radical (unpaired) electrons. The summed E-state index contributed by atoms with van der Waals surface area (Å²) in [6, 6.07) is 6.02. The van der Waals surface area contributed by atoms with Crippen molar-refractivity contribution in [3.63, 3.8) is 0 Å². The molecule has 0 saturated carbocycles. The van der Waals surface area contributed by atoms with Gasteiger partial charge >= 0.3 is 5.76 Å². The van der Waals surface area contributed by atoms with Crippen LogP contribution in [-0.2, 0) is 6.42 Å². The monoisotopic (exact) mass is 235 g/mol. The number of benzene rings is 1. The number of nitrogens with zero attached hydrogens (tertiary/aromatic N) is 1. The van der Waals surface area contributed by atoms with Crippen LogP contribution in [0, 0.1) is 0 Å². The third-order valence-corrected chi connectivity index (χ3v) is 2.60. The maximum atomic E-state index is 11.6. The van der Waals surface area contributed by atoms with E-state index in [0.717, 1.165) is 11.9 Å². The van der Waals surface area contributed by atoms with Gasteiger partial charge in [0.1, 0.15) is 0 Å². The average molecular weight is 235 g/mol. The summed E-state index contributed by atoms with van der Waals surface area (Å²) in [5.41, 5.74) is 2.79. The fourth-order valence-corrected chi connectivity index (χ4v) is 1.79. The van der Waals surface area contributed by atoms with E-state index in [9.17, 15) is 4.79 Å². The topological polar surface area (TPSA) is 35.1 Å². The second-order valence-corrected chi connectivity index (χ2v) is 3.99. The first kappa shape index (κ1) is 13.6. The average Bonchev–Trinajstić information content (AvgIpc) is 2.66. The zero-order valence-corrected chi connectivity index (χ0v) is 11.3. The maximum Gasteiger partial charge on any atom is 0.420 e. The Morgan fingerprint density at radius 3 is 2.47 bits per heavy atom. The highest BCUT2D eigenvalue weighted by atomic mass is 16.4. The minimum atomic E-state index is -0.270. The molecule has 1 aromatic heterocycles. The molecule has 0 atom stereocenters. The third kappa shape index (κ3) is 2.60. The van der Waals surface area contributed by atoms with Gasteiger partial charge in [-0.15, -0.1) is 0 Å². The number of aryl methyl sites for hydroxylation is 1. The Hall–Kier alpha value is -1.51. The van der Waals surface area contributed by atoms with Crippen LogP contribution in [0.3, 0.4) is 0 Å². The van der Waals surface area contributed by atoms with Crippen LogP contribution in [0.5, 0.6) is 0 Å². The summed E-state index contributed by atoms with van der Waals surface area (Å²) < 4.78 is 6.86. The summed E-state index contributed by atoms with van der Waals surface area (Å²) in [5, 5.41) is 0. The normalized spacial score (nSPS) is 10.5. The molecule has 0 fully saturated rings. The number of rotatable bonds is 2. The van der Waals surface area contributed by atoms with Crippen molar-refractivity contribution in [2.24, 2.45) is 0 Å². The molecule has 2 rings (SSSR count). The third-order valence-electron chi connectivity index (χ3n) is 2.60. The van der Waals surface area contributed by atoms with E-state index >= 15 is 0 Å². The van der Waals surface area contributed by atoms with E-state index < -0.39 is 0 Å². The van der Waals surface area contributed by atoms with Crippen LogP contribution in [0.4, 0.5) is 0 Å². The molecule has 0 bridgehead atoms. The molecule has 0 saturated heterocycles. The second kappa shape index (κ2) is 5.71. The summed E-state index contributed by atoms with van der Waals surface area (Å²) in [5.74, 6) is -0.270. The Morgan fingerprint density at radius 2 is 1.94 bits per heavy atom. The second-order valence-electron chi connectivity index (χ2n) is 3.99. The molecule has 0 aliphatic rings. The molecule has 0 aliphatic carbocycles. The summed E-state index contributed by atoms with van der Waals surface area (Å²) in [7, 11) is 0. The van der Waals surface area contributed by atoms with Crippen molar-refractivity contribution >= 4 is 11.1 Å². The number of aromatic nitrogens is 1. The van der Waals surface area contributed by atoms with E-state index in [1.807, 2.05) is 45.9 Å². The quantitative estimate of drug-likeness (QED) is 0.794. The highest BCUT2D eigenvalue weighted by molar-refractivity contribution is 5.73. The number of hydrogen-bond donors (Lipinski definition) is 0. The molecule has 0 N–H and O–H groups in total. The lowest BCUT2D eigenvalue weighted by Crippen LogP contribution is -2.15. The Bertz CT molecular complexity index is 535. The smallest absolute Gasteiger partial charge is 0.408 e. The summed E-state index contributed by atoms with van der Waals surface area (Å²) >= 11 is 0. The van der Waals surface area contributed by atoms with Crippen LogP contribution < -0.4 is 5.76 Å². The van der Waals surface area contributed by atoms with Crippen LogP contribution in [0.2, 0.25) is 0 Å². The predicted octanol–water partition coefficient (Wildman–Crippen LogP) is 3.76. The SMILES string of the molecule is CC.CCc1ccc2oc(=O)n(C(C)C)c2c1. The van der Waals surface area contributed by atoms with E-state index in [-0.39, 0.29) is 11.8 Å². The first-order valence-electron chi connectivity index (χ1n) is 6.27. The Labute approximate surface area is 102 Å². The summed E-state index contributed by atoms with van der Waals surface area (Å²) in [6.07, 6.45) is 0.966. The molecule has 0 spiro atoms. The van der Waals surface area contributed by atoms with Crippen molar-refractivity contribution in [3.8, 4) is 0 Å². The molecular formula is C14H21NO2. The lowest BCUT2D eigenvalue weighted by Gasteiger charge is -2.05. The van der Waals surface area contributed by atoms with Crippen LogP contribution in [0.15, 0.2) is 27.4 Å². The molecule has 3 heteroatoms. The van der Waals surface area contributed by atoms with Gasteiger partial charge in [0.05, 0.1) is 5.52 Å². The molecule has 1 aromatic carbocycles. The van der Waals surface area contributed by atoms with Gasteiger partial charge in [0, 0.05) is 6.04 Å². The van der Waals surface area contributed by atoms with E-state index in [1.54, 1.807) is 4.57 Å². The molecule has 0 unspecified atom stereocenters. The number of hydrogen-bond acceptors (Lipinski definition) is 2. The highest BCUT2D eigenvalue weighted by Gasteiger charge is 2.11. The van der Waals surface area contributed by atoms with E-state index in [2.05, 4.69) is 6.92 Å². The predicted molar refractivity (Wildman–Crippen MR) is 71.6 cm³/mol. The Morgan fingerprint density at radius 1 is 1.29 bits per heavy atom. The van der Waals surface area contributed by atoms with Crippen molar-refractivity contribution < 1.29 is 4.42 Å². The van der Waals surface area contributed by atoms with Gasteiger partial charge in [0.2, 0.25) is 0 Å². The molecule has 2 aromatic rings.